The summed E-state index contributed by atoms with van der Waals surface area (Å²) in [5, 5.41) is 96.5. The number of hydrogen-bond donors (Lipinski definition) is 15. The average Bonchev–Trinajstić information content (AvgIpc) is 3.29. The summed E-state index contributed by atoms with van der Waals surface area (Å²) in [5.74, 6) is -1.50. The number of nitrogens with zero attached hydrogens (tertiary/aromatic N) is 4. The maximum atomic E-state index is 13.3. The van der Waals surface area contributed by atoms with Crippen LogP contribution in [0.1, 0.15) is 52.9 Å². The number of benzene rings is 3. The quantitative estimate of drug-likeness (QED) is 0.0187. The maximum Gasteiger partial charge on any atom is 0.280 e. The first-order valence-corrected chi connectivity index (χ1v) is 21.8. The van der Waals surface area contributed by atoms with E-state index in [1.54, 1.807) is 17.0 Å². The lowest BCUT2D eigenvalue weighted by Gasteiger charge is -2.32. The predicted octanol–water partition coefficient (Wildman–Crippen LogP) is -1.84. The van der Waals surface area contributed by atoms with Crippen molar-refractivity contribution in [2.24, 2.45) is 16.5 Å². The van der Waals surface area contributed by atoms with Crippen molar-refractivity contribution in [3.05, 3.63) is 88.2 Å². The molecule has 0 unspecified atom stereocenters. The number of unbranched alkanes of at least 4 members (excludes halogenated alkanes) is 1. The number of guanidine groups is 1. The Hall–Kier alpha value is -5.14. The Morgan fingerprint density at radius 1 is 0.742 bits per heavy atom. The number of rotatable bonds is 26. The highest BCUT2D eigenvalue weighted by molar-refractivity contribution is 6.31. The second-order valence-electron chi connectivity index (χ2n) is 16.1. The summed E-state index contributed by atoms with van der Waals surface area (Å²) in [6, 6.07) is 18.2. The van der Waals surface area contributed by atoms with E-state index in [1.807, 2.05) is 48.5 Å². The van der Waals surface area contributed by atoms with Gasteiger partial charge in [0.15, 0.2) is 28.4 Å². The van der Waals surface area contributed by atoms with Crippen molar-refractivity contribution < 1.29 is 55.5 Å². The van der Waals surface area contributed by atoms with Gasteiger partial charge in [-0.05, 0) is 84.7 Å². The number of carbonyl (C=O) groups is 2. The third-order valence-electron chi connectivity index (χ3n) is 10.9. The Morgan fingerprint density at radius 3 is 2.05 bits per heavy atom. The first-order chi connectivity index (χ1) is 31.4. The number of anilines is 3. The van der Waals surface area contributed by atoms with Crippen LogP contribution in [0.2, 0.25) is 5.15 Å². The zero-order chi connectivity index (χ0) is 48.5. The van der Waals surface area contributed by atoms with Gasteiger partial charge in [-0.1, -0.05) is 60.1 Å². The van der Waals surface area contributed by atoms with Crippen LogP contribution in [0.15, 0.2) is 65.7 Å². The molecule has 0 radical (unpaired) electrons. The maximum absolute atomic E-state index is 13.3. The fraction of sp³-hybridized carbons (Fsp3) is 0.477. The van der Waals surface area contributed by atoms with Crippen LogP contribution >= 0.6 is 11.6 Å². The zero-order valence-electron chi connectivity index (χ0n) is 36.4. The number of aromatic nitrogens is 2. The number of aliphatic imine (C=N–C) groups is 1. The number of fused-ring (bicyclic) bond motifs is 1. The summed E-state index contributed by atoms with van der Waals surface area (Å²) in [6.45, 7) is -1.30. The molecule has 0 fully saturated rings. The lowest BCUT2D eigenvalue weighted by atomic mass is 9.93. The van der Waals surface area contributed by atoms with E-state index in [0.717, 1.165) is 40.3 Å². The molecule has 22 heteroatoms. The highest BCUT2D eigenvalue weighted by atomic mass is 35.5. The predicted molar refractivity (Wildman–Crippen MR) is 249 cm³/mol. The second kappa shape index (κ2) is 26.3. The number of aliphatic hydroxyl groups is 9. The monoisotopic (exact) mass is 942 g/mol. The van der Waals surface area contributed by atoms with Gasteiger partial charge in [0.05, 0.1) is 37.6 Å². The molecule has 8 atom stereocenters. The van der Waals surface area contributed by atoms with Gasteiger partial charge in [0, 0.05) is 31.7 Å². The van der Waals surface area contributed by atoms with E-state index in [9.17, 15) is 45.3 Å². The Balaban J connectivity index is 1.28. The molecule has 0 saturated carbocycles. The average molecular weight is 944 g/mol. The third kappa shape index (κ3) is 16.0. The van der Waals surface area contributed by atoms with Crippen LogP contribution in [0, 0.1) is 0 Å². The van der Waals surface area contributed by atoms with Crippen molar-refractivity contribution in [1.29, 1.82) is 0 Å². The van der Waals surface area contributed by atoms with Gasteiger partial charge in [-0.25, -0.2) is 9.97 Å². The molecule has 1 heterocycles. The Bertz CT molecular complexity index is 2210. The molecule has 21 nitrogen and oxygen atoms in total. The van der Waals surface area contributed by atoms with Crippen molar-refractivity contribution in [2.75, 3.05) is 56.2 Å². The fourth-order valence-electron chi connectivity index (χ4n) is 7.22. The molecule has 0 bridgehead atoms. The number of nitrogens with two attached hydrogens (primary N) is 4. The molecule has 1 aromatic heterocycles. The molecular weight excluding hydrogens is 880 g/mol. The molecule has 0 spiro atoms. The van der Waals surface area contributed by atoms with E-state index in [0.29, 0.717) is 31.5 Å². The molecular formula is C44H63ClN10O11. The molecule has 66 heavy (non-hydrogen) atoms. The smallest absolute Gasteiger partial charge is 0.280 e. The molecule has 0 aliphatic carbocycles. The van der Waals surface area contributed by atoms with Gasteiger partial charge in [0.2, 0.25) is 5.91 Å². The number of aryl methyl sites for hydroxylation is 2. The summed E-state index contributed by atoms with van der Waals surface area (Å²) in [5.41, 5.74) is 26.8. The number of hydrogen-bond acceptors (Lipinski definition) is 18. The standard InChI is InChI=1S/C44H63ClN10O11/c45-39-41(48)53-40(47)36(52-39)43(66)54-44(49)50-16-4-3-7-25-12-13-26(30-9-2-1-8-29(25)30)18-31(46)42(65)51-27-14-10-24(11-15-27)6-5-17-55(20-28(58)19-32(59)34(61)22-56)21-33(60)37(63)38(64)35(62)23-57/h1-2,8-15,28,31-35,37-38,56-64H,3-7,16-23,46H2,(H,51,65)(H4,47,48,53)(H3,49,50,54,66)/t28-,31+,32+,33+,34-,35-,37-,38-/m1/s1. The van der Waals surface area contributed by atoms with Gasteiger partial charge in [-0.3, -0.25) is 24.8 Å². The van der Waals surface area contributed by atoms with E-state index in [4.69, 9.17) is 44.7 Å². The van der Waals surface area contributed by atoms with E-state index in [-0.39, 0.29) is 66.8 Å². The van der Waals surface area contributed by atoms with Crippen LogP contribution in [-0.2, 0) is 24.1 Å². The highest BCUT2D eigenvalue weighted by Crippen LogP contribution is 2.26. The van der Waals surface area contributed by atoms with Crippen LogP contribution in [0.5, 0.6) is 0 Å². The van der Waals surface area contributed by atoms with Crippen LogP contribution in [0.25, 0.3) is 10.8 Å². The summed E-state index contributed by atoms with van der Waals surface area (Å²) in [4.78, 5) is 39.2. The number of amides is 2. The van der Waals surface area contributed by atoms with E-state index in [2.05, 4.69) is 25.6 Å². The lowest BCUT2D eigenvalue weighted by molar-refractivity contribution is -0.120. The van der Waals surface area contributed by atoms with E-state index in [1.165, 1.54) is 0 Å². The Labute approximate surface area is 386 Å². The van der Waals surface area contributed by atoms with Crippen molar-refractivity contribution in [3.8, 4) is 0 Å². The largest absolute Gasteiger partial charge is 0.394 e. The van der Waals surface area contributed by atoms with Gasteiger partial charge in [-0.15, -0.1) is 0 Å². The number of carbonyl (C=O) groups excluding carboxylic acids is 2. The van der Waals surface area contributed by atoms with Gasteiger partial charge in [-0.2, -0.15) is 0 Å². The minimum absolute atomic E-state index is 0.102. The van der Waals surface area contributed by atoms with Crippen molar-refractivity contribution in [1.82, 2.24) is 20.2 Å². The van der Waals surface area contributed by atoms with Gasteiger partial charge in [0.1, 0.15) is 24.4 Å². The number of nitrogen functional groups attached to an aromatic ring is 2. The summed E-state index contributed by atoms with van der Waals surface area (Å²) >= 11 is 5.86. The van der Waals surface area contributed by atoms with Gasteiger partial charge in [0.25, 0.3) is 5.91 Å². The molecule has 4 rings (SSSR count). The zero-order valence-corrected chi connectivity index (χ0v) is 37.2. The first-order valence-electron chi connectivity index (χ1n) is 21.5. The number of aliphatic hydroxyl groups excluding tert-OH is 9. The van der Waals surface area contributed by atoms with E-state index < -0.39 is 67.9 Å². The van der Waals surface area contributed by atoms with Crippen molar-refractivity contribution in [3.63, 3.8) is 0 Å². The van der Waals surface area contributed by atoms with Gasteiger partial charge >= 0.3 is 0 Å². The van der Waals surface area contributed by atoms with Crippen molar-refractivity contribution in [2.45, 2.75) is 93.7 Å². The minimum Gasteiger partial charge on any atom is -0.394 e. The third-order valence-corrected chi connectivity index (χ3v) is 11.2. The fourth-order valence-corrected chi connectivity index (χ4v) is 7.35. The summed E-state index contributed by atoms with van der Waals surface area (Å²) in [6.07, 6.45) is -7.83. The number of halogens is 1. The first kappa shape index (κ1) is 53.5. The molecule has 0 saturated heterocycles. The second-order valence-corrected chi connectivity index (χ2v) is 16.5. The molecule has 0 aliphatic rings. The normalized spacial score (nSPS) is 15.7. The summed E-state index contributed by atoms with van der Waals surface area (Å²) in [7, 11) is 0. The summed E-state index contributed by atoms with van der Waals surface area (Å²) < 4.78 is 0. The SMILES string of the molecule is NC(=NCCCCc1ccc(C[C@H](N)C(=O)Nc2ccc(CCCN(C[C@H](O)C[C@H](O)[C@H](O)CO)C[C@H](O)[C@@H](O)[C@H](O)[C@H](O)CO)cc2)c2ccccc12)NC(=O)c1nc(Cl)c(N)nc1N. The van der Waals surface area contributed by atoms with Crippen LogP contribution in [-0.4, -0.2) is 167 Å². The molecule has 4 aromatic rings. The van der Waals surface area contributed by atoms with Crippen molar-refractivity contribution >= 4 is 57.5 Å². The van der Waals surface area contributed by atoms with Crippen LogP contribution < -0.4 is 33.6 Å². The highest BCUT2D eigenvalue weighted by Gasteiger charge is 2.32. The topological polar surface area (TPSA) is 386 Å². The van der Waals surface area contributed by atoms with Crippen LogP contribution in [0.4, 0.5) is 17.3 Å². The lowest BCUT2D eigenvalue weighted by Crippen LogP contribution is -2.51. The molecule has 0 aliphatic heterocycles. The molecule has 2 amide bonds. The molecule has 3 aromatic carbocycles. The van der Waals surface area contributed by atoms with Gasteiger partial charge < -0.3 is 74.2 Å². The molecule has 19 N–H and O–H groups in total. The van der Waals surface area contributed by atoms with Crippen LogP contribution in [0.3, 0.4) is 0 Å². The minimum atomic E-state index is -1.84. The van der Waals surface area contributed by atoms with E-state index >= 15 is 0 Å². The number of nitrogens with one attached hydrogen (secondary N) is 2. The Kier molecular flexibility index (Phi) is 21.3. The molecule has 362 valence electrons. The Morgan fingerprint density at radius 2 is 1.38 bits per heavy atom.